The summed E-state index contributed by atoms with van der Waals surface area (Å²) in [5, 5.41) is 18.3. The van der Waals surface area contributed by atoms with Crippen molar-refractivity contribution in [1.29, 1.82) is 0 Å². The fourth-order valence-corrected chi connectivity index (χ4v) is 1.77. The Balaban J connectivity index is 2.91. The fraction of sp³-hybridized carbons (Fsp3) is 0.500. The third-order valence-electron chi connectivity index (χ3n) is 2.99. The van der Waals surface area contributed by atoms with Crippen LogP contribution in [0, 0.1) is 0 Å². The number of halogens is 3. The van der Waals surface area contributed by atoms with Gasteiger partial charge in [0.2, 0.25) is 0 Å². The van der Waals surface area contributed by atoms with Crippen molar-refractivity contribution < 1.29 is 28.2 Å². The maximum atomic E-state index is 12.4. The summed E-state index contributed by atoms with van der Waals surface area (Å²) in [7, 11) is 0. The van der Waals surface area contributed by atoms with Gasteiger partial charge in [0.15, 0.2) is 6.10 Å². The van der Waals surface area contributed by atoms with Crippen molar-refractivity contribution in [2.45, 2.75) is 45.1 Å². The van der Waals surface area contributed by atoms with Gasteiger partial charge in [-0.1, -0.05) is 24.3 Å². The maximum absolute atomic E-state index is 12.4. The Morgan fingerprint density at radius 1 is 1.19 bits per heavy atom. The number of amides is 1. The number of hydrogen-bond acceptors (Lipinski definition) is 2. The summed E-state index contributed by atoms with van der Waals surface area (Å²) in [6.07, 6.45) is -8.37. The number of benzene rings is 1. The Labute approximate surface area is 120 Å². The molecule has 7 heteroatoms. The summed E-state index contributed by atoms with van der Waals surface area (Å²) < 4.78 is 37.1. The number of carbonyl (C=O) groups is 1. The van der Waals surface area contributed by atoms with Crippen LogP contribution in [0.4, 0.5) is 18.0 Å². The minimum Gasteiger partial charge on any atom is -0.465 e. The minimum atomic E-state index is -4.72. The molecule has 1 rings (SSSR count). The summed E-state index contributed by atoms with van der Waals surface area (Å²) in [6.45, 7) is 5.23. The molecule has 0 bridgehead atoms. The fourth-order valence-electron chi connectivity index (χ4n) is 1.77. The first-order valence-electron chi connectivity index (χ1n) is 6.27. The molecule has 0 spiro atoms. The lowest BCUT2D eigenvalue weighted by atomic mass is 10.0. The van der Waals surface area contributed by atoms with Crippen LogP contribution in [-0.4, -0.2) is 32.9 Å². The molecule has 0 aliphatic heterocycles. The average molecular weight is 305 g/mol. The SMILES string of the molecule is CC(C)(C)N(Cc1ccc(C(O)C(F)(F)F)cc1)C(=O)O. The second-order valence-corrected chi connectivity index (χ2v) is 5.73. The summed E-state index contributed by atoms with van der Waals surface area (Å²) in [6, 6.07) is 5.06. The van der Waals surface area contributed by atoms with E-state index in [2.05, 4.69) is 0 Å². The van der Waals surface area contributed by atoms with Crippen molar-refractivity contribution in [3.8, 4) is 0 Å². The number of carboxylic acid groups (broad SMARTS) is 1. The first-order valence-corrected chi connectivity index (χ1v) is 6.27. The van der Waals surface area contributed by atoms with Gasteiger partial charge in [0.25, 0.3) is 0 Å². The van der Waals surface area contributed by atoms with Crippen LogP contribution in [0.15, 0.2) is 24.3 Å². The van der Waals surface area contributed by atoms with E-state index in [-0.39, 0.29) is 12.1 Å². The largest absolute Gasteiger partial charge is 0.465 e. The van der Waals surface area contributed by atoms with Gasteiger partial charge in [0, 0.05) is 12.1 Å². The van der Waals surface area contributed by atoms with Gasteiger partial charge in [-0.15, -0.1) is 0 Å². The summed E-state index contributed by atoms with van der Waals surface area (Å²) in [5.41, 5.74) is -0.356. The van der Waals surface area contributed by atoms with Gasteiger partial charge >= 0.3 is 12.3 Å². The summed E-state index contributed by atoms with van der Waals surface area (Å²) >= 11 is 0. The summed E-state index contributed by atoms with van der Waals surface area (Å²) in [4.78, 5) is 12.4. The molecule has 21 heavy (non-hydrogen) atoms. The van der Waals surface area contributed by atoms with Gasteiger partial charge in [0.05, 0.1) is 0 Å². The quantitative estimate of drug-likeness (QED) is 0.897. The number of rotatable bonds is 3. The predicted molar refractivity (Wildman–Crippen MR) is 70.8 cm³/mol. The van der Waals surface area contributed by atoms with E-state index >= 15 is 0 Å². The molecule has 4 nitrogen and oxygen atoms in total. The first-order chi connectivity index (χ1) is 9.43. The van der Waals surface area contributed by atoms with Crippen LogP contribution in [0.2, 0.25) is 0 Å². The smallest absolute Gasteiger partial charge is 0.418 e. The van der Waals surface area contributed by atoms with Gasteiger partial charge in [-0.25, -0.2) is 4.79 Å². The Bertz CT molecular complexity index is 492. The van der Waals surface area contributed by atoms with Crippen molar-refractivity contribution in [3.05, 3.63) is 35.4 Å². The van der Waals surface area contributed by atoms with Crippen molar-refractivity contribution >= 4 is 6.09 Å². The van der Waals surface area contributed by atoms with E-state index in [0.717, 1.165) is 12.1 Å². The Kier molecular flexibility index (Phi) is 4.88. The van der Waals surface area contributed by atoms with Crippen molar-refractivity contribution in [1.82, 2.24) is 4.90 Å². The highest BCUT2D eigenvalue weighted by Crippen LogP contribution is 2.32. The zero-order chi connectivity index (χ0) is 16.4. The lowest BCUT2D eigenvalue weighted by Gasteiger charge is -2.33. The van der Waals surface area contributed by atoms with Gasteiger partial charge in [-0.05, 0) is 31.9 Å². The van der Waals surface area contributed by atoms with E-state index in [0.29, 0.717) is 5.56 Å². The zero-order valence-electron chi connectivity index (χ0n) is 12.0. The van der Waals surface area contributed by atoms with E-state index in [1.54, 1.807) is 20.8 Å². The molecule has 0 aromatic heterocycles. The molecule has 1 amide bonds. The number of nitrogens with zero attached hydrogens (tertiary/aromatic N) is 1. The number of hydrogen-bond donors (Lipinski definition) is 2. The van der Waals surface area contributed by atoms with E-state index in [4.69, 9.17) is 10.2 Å². The molecule has 118 valence electrons. The van der Waals surface area contributed by atoms with Crippen molar-refractivity contribution in [2.24, 2.45) is 0 Å². The molecule has 0 aliphatic rings. The van der Waals surface area contributed by atoms with Crippen LogP contribution in [-0.2, 0) is 6.54 Å². The highest BCUT2D eigenvalue weighted by molar-refractivity contribution is 5.66. The molecule has 2 N–H and O–H groups in total. The zero-order valence-corrected chi connectivity index (χ0v) is 12.0. The molecule has 1 aromatic carbocycles. The molecule has 0 saturated heterocycles. The average Bonchev–Trinajstić information content (AvgIpc) is 2.33. The van der Waals surface area contributed by atoms with Crippen LogP contribution in [0.3, 0.4) is 0 Å². The van der Waals surface area contributed by atoms with Gasteiger partial charge in [0.1, 0.15) is 0 Å². The Morgan fingerprint density at radius 3 is 2.00 bits per heavy atom. The number of aliphatic hydroxyl groups is 1. The van der Waals surface area contributed by atoms with Crippen LogP contribution < -0.4 is 0 Å². The molecule has 0 radical (unpaired) electrons. The van der Waals surface area contributed by atoms with Gasteiger partial charge < -0.3 is 10.2 Å². The van der Waals surface area contributed by atoms with E-state index in [1.165, 1.54) is 17.0 Å². The second kappa shape index (κ2) is 5.93. The molecule has 0 heterocycles. The first kappa shape index (κ1) is 17.3. The standard InChI is InChI=1S/C14H18F3NO3/c1-13(2,3)18(12(20)21)8-9-4-6-10(7-5-9)11(19)14(15,16)17/h4-7,11,19H,8H2,1-3H3,(H,20,21). The van der Waals surface area contributed by atoms with Crippen molar-refractivity contribution in [2.75, 3.05) is 0 Å². The second-order valence-electron chi connectivity index (χ2n) is 5.73. The Morgan fingerprint density at radius 2 is 1.67 bits per heavy atom. The maximum Gasteiger partial charge on any atom is 0.418 e. The molecule has 1 unspecified atom stereocenters. The monoisotopic (exact) mass is 305 g/mol. The Hall–Kier alpha value is -1.76. The minimum absolute atomic E-state index is 0.0568. The van der Waals surface area contributed by atoms with E-state index in [1.807, 2.05) is 0 Å². The van der Waals surface area contributed by atoms with Gasteiger partial charge in [-0.3, -0.25) is 4.90 Å². The molecule has 0 aliphatic carbocycles. The van der Waals surface area contributed by atoms with Crippen LogP contribution in [0.1, 0.15) is 38.0 Å². The normalized spacial score (nSPS) is 13.9. The molecule has 0 saturated carbocycles. The number of alkyl halides is 3. The van der Waals surface area contributed by atoms with Crippen LogP contribution in [0.25, 0.3) is 0 Å². The highest BCUT2D eigenvalue weighted by atomic mass is 19.4. The molecular formula is C14H18F3NO3. The molecule has 1 atom stereocenters. The number of aliphatic hydroxyl groups excluding tert-OH is 1. The van der Waals surface area contributed by atoms with E-state index < -0.39 is 23.9 Å². The third-order valence-corrected chi connectivity index (χ3v) is 2.99. The topological polar surface area (TPSA) is 60.8 Å². The molecular weight excluding hydrogens is 287 g/mol. The van der Waals surface area contributed by atoms with E-state index in [9.17, 15) is 18.0 Å². The lowest BCUT2D eigenvalue weighted by molar-refractivity contribution is -0.206. The highest BCUT2D eigenvalue weighted by Gasteiger charge is 2.39. The third kappa shape index (κ3) is 4.63. The lowest BCUT2D eigenvalue weighted by Crippen LogP contribution is -2.44. The predicted octanol–water partition coefficient (Wildman–Crippen LogP) is 3.56. The molecule has 1 aromatic rings. The van der Waals surface area contributed by atoms with Crippen LogP contribution in [0.5, 0.6) is 0 Å². The van der Waals surface area contributed by atoms with Crippen molar-refractivity contribution in [3.63, 3.8) is 0 Å². The van der Waals surface area contributed by atoms with Gasteiger partial charge in [-0.2, -0.15) is 13.2 Å². The molecule has 0 fully saturated rings. The summed E-state index contributed by atoms with van der Waals surface area (Å²) in [5.74, 6) is 0. The van der Waals surface area contributed by atoms with Crippen LogP contribution >= 0.6 is 0 Å².